The molecule has 106 valence electrons. The molecule has 0 radical (unpaired) electrons. The first-order valence-corrected chi connectivity index (χ1v) is 5.88. The lowest BCUT2D eigenvalue weighted by atomic mass is 9.96. The van der Waals surface area contributed by atoms with Crippen LogP contribution in [-0.4, -0.2) is 12.0 Å². The monoisotopic (exact) mass is 284 g/mol. The Morgan fingerprint density at radius 2 is 1.90 bits per heavy atom. The molecule has 1 heterocycles. The molecule has 0 saturated heterocycles. The third-order valence-electron chi connectivity index (χ3n) is 2.85. The summed E-state index contributed by atoms with van der Waals surface area (Å²) in [6, 6.07) is 4.62. The van der Waals surface area contributed by atoms with Crippen LogP contribution in [0.5, 0.6) is 0 Å². The van der Waals surface area contributed by atoms with Gasteiger partial charge in [0.15, 0.2) is 0 Å². The standard InChI is InChI=1S/C14H12F4N2/c1-19-7-9-6-10(15)2-3-11(9)12-8-20-5-4-13(12)14(16,17)18/h2-6,8,19H,7H2,1H3. The van der Waals surface area contributed by atoms with E-state index in [1.807, 2.05) is 0 Å². The van der Waals surface area contributed by atoms with Gasteiger partial charge in [0.2, 0.25) is 0 Å². The summed E-state index contributed by atoms with van der Waals surface area (Å²) < 4.78 is 52.3. The van der Waals surface area contributed by atoms with Gasteiger partial charge in [0.05, 0.1) is 5.56 Å². The predicted octanol–water partition coefficient (Wildman–Crippen LogP) is 3.63. The number of nitrogens with zero attached hydrogens (tertiary/aromatic N) is 1. The van der Waals surface area contributed by atoms with Crippen molar-refractivity contribution in [2.75, 3.05) is 7.05 Å². The van der Waals surface area contributed by atoms with E-state index in [9.17, 15) is 17.6 Å². The van der Waals surface area contributed by atoms with E-state index in [0.29, 0.717) is 11.1 Å². The third kappa shape index (κ3) is 2.96. The summed E-state index contributed by atoms with van der Waals surface area (Å²) in [6.45, 7) is 0.263. The van der Waals surface area contributed by atoms with Crippen LogP contribution in [0.1, 0.15) is 11.1 Å². The lowest BCUT2D eigenvalue weighted by Gasteiger charge is -2.15. The summed E-state index contributed by atoms with van der Waals surface area (Å²) in [5.74, 6) is -0.489. The van der Waals surface area contributed by atoms with Gasteiger partial charge in [-0.25, -0.2) is 4.39 Å². The Morgan fingerprint density at radius 3 is 2.55 bits per heavy atom. The number of aromatic nitrogens is 1. The van der Waals surface area contributed by atoms with Gasteiger partial charge in [-0.1, -0.05) is 6.07 Å². The van der Waals surface area contributed by atoms with Gasteiger partial charge in [-0.05, 0) is 36.4 Å². The van der Waals surface area contributed by atoms with Crippen molar-refractivity contribution >= 4 is 0 Å². The first-order valence-electron chi connectivity index (χ1n) is 5.88. The number of hydrogen-bond acceptors (Lipinski definition) is 2. The van der Waals surface area contributed by atoms with Gasteiger partial charge in [-0.3, -0.25) is 4.98 Å². The summed E-state index contributed by atoms with van der Waals surface area (Å²) in [6.07, 6.45) is -2.24. The normalized spacial score (nSPS) is 11.7. The summed E-state index contributed by atoms with van der Waals surface area (Å²) >= 11 is 0. The quantitative estimate of drug-likeness (QED) is 0.871. The van der Waals surface area contributed by atoms with Crippen molar-refractivity contribution in [3.8, 4) is 11.1 Å². The zero-order chi connectivity index (χ0) is 14.8. The summed E-state index contributed by atoms with van der Waals surface area (Å²) in [7, 11) is 1.64. The highest BCUT2D eigenvalue weighted by Gasteiger charge is 2.34. The maximum atomic E-state index is 13.3. The van der Waals surface area contributed by atoms with Crippen LogP contribution < -0.4 is 5.32 Å². The van der Waals surface area contributed by atoms with Crippen LogP contribution in [0.4, 0.5) is 17.6 Å². The van der Waals surface area contributed by atoms with Crippen LogP contribution in [0, 0.1) is 5.82 Å². The Kier molecular flexibility index (Phi) is 4.04. The smallest absolute Gasteiger partial charge is 0.316 e. The molecule has 1 aromatic carbocycles. The van der Waals surface area contributed by atoms with E-state index < -0.39 is 17.6 Å². The highest BCUT2D eigenvalue weighted by Crippen LogP contribution is 2.37. The van der Waals surface area contributed by atoms with Crippen LogP contribution in [0.25, 0.3) is 11.1 Å². The van der Waals surface area contributed by atoms with Crippen molar-refractivity contribution < 1.29 is 17.6 Å². The average Bonchev–Trinajstić information content (AvgIpc) is 2.38. The first kappa shape index (κ1) is 14.5. The molecule has 0 atom stereocenters. The minimum Gasteiger partial charge on any atom is -0.316 e. The number of benzene rings is 1. The molecule has 0 bridgehead atoms. The van der Waals surface area contributed by atoms with Gasteiger partial charge in [0.1, 0.15) is 5.82 Å². The second kappa shape index (κ2) is 5.58. The van der Waals surface area contributed by atoms with Gasteiger partial charge in [0.25, 0.3) is 0 Å². The van der Waals surface area contributed by atoms with E-state index >= 15 is 0 Å². The maximum absolute atomic E-state index is 13.3. The van der Waals surface area contributed by atoms with Crippen LogP contribution in [0.15, 0.2) is 36.7 Å². The number of alkyl halides is 3. The Hall–Kier alpha value is -1.95. The Bertz CT molecular complexity index is 608. The molecular formula is C14H12F4N2. The van der Waals surface area contributed by atoms with Crippen LogP contribution in [-0.2, 0) is 12.7 Å². The molecule has 1 aromatic heterocycles. The number of hydrogen-bond donors (Lipinski definition) is 1. The summed E-state index contributed by atoms with van der Waals surface area (Å²) in [5, 5.41) is 2.81. The molecule has 0 unspecified atom stereocenters. The zero-order valence-electron chi connectivity index (χ0n) is 10.6. The lowest BCUT2D eigenvalue weighted by Crippen LogP contribution is -2.10. The molecule has 2 nitrogen and oxygen atoms in total. The van der Waals surface area contributed by atoms with E-state index in [1.165, 1.54) is 12.1 Å². The van der Waals surface area contributed by atoms with Gasteiger partial charge < -0.3 is 5.32 Å². The molecule has 6 heteroatoms. The Balaban J connectivity index is 2.63. The van der Waals surface area contributed by atoms with E-state index in [0.717, 1.165) is 24.5 Å². The zero-order valence-corrected chi connectivity index (χ0v) is 10.6. The number of pyridine rings is 1. The van der Waals surface area contributed by atoms with Crippen molar-refractivity contribution in [3.05, 3.63) is 53.6 Å². The topological polar surface area (TPSA) is 24.9 Å². The minimum atomic E-state index is -4.48. The van der Waals surface area contributed by atoms with E-state index in [1.54, 1.807) is 7.05 Å². The minimum absolute atomic E-state index is 0.0507. The SMILES string of the molecule is CNCc1cc(F)ccc1-c1cnccc1C(F)(F)F. The number of nitrogens with one attached hydrogen (secondary N) is 1. The molecular weight excluding hydrogens is 272 g/mol. The molecule has 0 spiro atoms. The summed E-state index contributed by atoms with van der Waals surface area (Å²) in [4.78, 5) is 3.74. The van der Waals surface area contributed by atoms with Crippen molar-refractivity contribution in [2.24, 2.45) is 0 Å². The fourth-order valence-electron chi connectivity index (χ4n) is 2.02. The van der Waals surface area contributed by atoms with Crippen LogP contribution in [0.2, 0.25) is 0 Å². The molecule has 0 amide bonds. The second-order valence-corrected chi connectivity index (χ2v) is 4.25. The number of halogens is 4. The van der Waals surface area contributed by atoms with Crippen molar-refractivity contribution in [2.45, 2.75) is 12.7 Å². The number of rotatable bonds is 3. The summed E-state index contributed by atoms with van der Waals surface area (Å²) in [5.41, 5.74) is -0.0612. The molecule has 2 rings (SSSR count). The largest absolute Gasteiger partial charge is 0.417 e. The third-order valence-corrected chi connectivity index (χ3v) is 2.85. The van der Waals surface area contributed by atoms with Gasteiger partial charge in [-0.15, -0.1) is 0 Å². The highest BCUT2D eigenvalue weighted by molar-refractivity contribution is 5.70. The van der Waals surface area contributed by atoms with E-state index in [4.69, 9.17) is 0 Å². The van der Waals surface area contributed by atoms with Crippen molar-refractivity contribution in [3.63, 3.8) is 0 Å². The highest BCUT2D eigenvalue weighted by atomic mass is 19.4. The van der Waals surface area contributed by atoms with E-state index in [2.05, 4.69) is 10.3 Å². The van der Waals surface area contributed by atoms with Crippen LogP contribution in [0.3, 0.4) is 0 Å². The first-order chi connectivity index (χ1) is 9.43. The molecule has 0 aliphatic rings. The van der Waals surface area contributed by atoms with E-state index in [-0.39, 0.29) is 12.1 Å². The molecule has 0 saturated carbocycles. The van der Waals surface area contributed by atoms with Crippen molar-refractivity contribution in [1.29, 1.82) is 0 Å². The maximum Gasteiger partial charge on any atom is 0.417 e. The molecule has 20 heavy (non-hydrogen) atoms. The predicted molar refractivity (Wildman–Crippen MR) is 67.4 cm³/mol. The van der Waals surface area contributed by atoms with Gasteiger partial charge in [-0.2, -0.15) is 13.2 Å². The Labute approximate surface area is 113 Å². The molecule has 1 N–H and O–H groups in total. The van der Waals surface area contributed by atoms with Gasteiger partial charge >= 0.3 is 6.18 Å². The fraction of sp³-hybridized carbons (Fsp3) is 0.214. The second-order valence-electron chi connectivity index (χ2n) is 4.25. The molecule has 0 fully saturated rings. The fourth-order valence-corrected chi connectivity index (χ4v) is 2.02. The lowest BCUT2D eigenvalue weighted by molar-refractivity contribution is -0.137. The molecule has 2 aromatic rings. The molecule has 0 aliphatic heterocycles. The van der Waals surface area contributed by atoms with Crippen molar-refractivity contribution in [1.82, 2.24) is 10.3 Å². The van der Waals surface area contributed by atoms with Crippen LogP contribution >= 0.6 is 0 Å². The molecule has 0 aliphatic carbocycles. The van der Waals surface area contributed by atoms with Gasteiger partial charge in [0, 0.05) is 24.5 Å². The average molecular weight is 284 g/mol. The Morgan fingerprint density at radius 1 is 1.15 bits per heavy atom.